The Balaban J connectivity index is 2.43. The number of hydrogen-bond acceptors (Lipinski definition) is 4. The fourth-order valence-corrected chi connectivity index (χ4v) is 1.66. The quantitative estimate of drug-likeness (QED) is 0.684. The molecule has 1 amide bonds. The molecule has 0 radical (unpaired) electrons. The van der Waals surface area contributed by atoms with Gasteiger partial charge >= 0.3 is 0 Å². The van der Waals surface area contributed by atoms with Crippen molar-refractivity contribution in [3.05, 3.63) is 0 Å². The zero-order valence-electron chi connectivity index (χ0n) is 11.2. The van der Waals surface area contributed by atoms with Crippen molar-refractivity contribution in [2.75, 3.05) is 52.7 Å². The minimum atomic E-state index is -0.179. The second-order valence-corrected chi connectivity index (χ2v) is 4.27. The van der Waals surface area contributed by atoms with Crippen LogP contribution in [0.1, 0.15) is 13.3 Å². The lowest BCUT2D eigenvalue weighted by Crippen LogP contribution is -2.68. The molecule has 1 fully saturated rings. The van der Waals surface area contributed by atoms with Crippen molar-refractivity contribution < 1.29 is 24.7 Å². The first-order valence-corrected chi connectivity index (χ1v) is 6.60. The van der Waals surface area contributed by atoms with Gasteiger partial charge in [-0.05, 0) is 0 Å². The van der Waals surface area contributed by atoms with Crippen molar-refractivity contribution in [3.8, 4) is 0 Å². The first kappa shape index (κ1) is 15.4. The van der Waals surface area contributed by atoms with Gasteiger partial charge in [-0.1, -0.05) is 6.92 Å². The van der Waals surface area contributed by atoms with Crippen LogP contribution in [0, 0.1) is 0 Å². The van der Waals surface area contributed by atoms with E-state index < -0.39 is 0 Å². The highest BCUT2D eigenvalue weighted by Gasteiger charge is 2.22. The van der Waals surface area contributed by atoms with E-state index in [1.165, 1.54) is 0 Å². The monoisotopic (exact) mass is 261 g/mol. The first-order chi connectivity index (χ1) is 8.75. The molecule has 1 atom stereocenters. The van der Waals surface area contributed by atoms with Gasteiger partial charge in [-0.2, -0.15) is 0 Å². The number of quaternary nitrogens is 1. The number of carbonyl (C=O) groups is 1. The van der Waals surface area contributed by atoms with Crippen LogP contribution in [0.25, 0.3) is 0 Å². The predicted molar refractivity (Wildman–Crippen MR) is 66.0 cm³/mol. The van der Waals surface area contributed by atoms with Crippen molar-refractivity contribution in [1.82, 2.24) is 4.90 Å². The molecule has 3 N–H and O–H groups in total. The highest BCUT2D eigenvalue weighted by Crippen LogP contribution is 1.97. The third kappa shape index (κ3) is 5.77. The minimum Gasteiger partial charge on any atom is -0.377 e. The second kappa shape index (κ2) is 9.27. The number of ether oxygens (including phenoxy) is 3. The summed E-state index contributed by atoms with van der Waals surface area (Å²) in [6, 6.07) is -0.179. The lowest BCUT2D eigenvalue weighted by atomic mass is 10.2. The van der Waals surface area contributed by atoms with E-state index in [4.69, 9.17) is 14.2 Å². The van der Waals surface area contributed by atoms with E-state index in [0.29, 0.717) is 52.7 Å². The van der Waals surface area contributed by atoms with Crippen LogP contribution in [-0.4, -0.2) is 69.6 Å². The number of amides is 1. The summed E-state index contributed by atoms with van der Waals surface area (Å²) in [6.07, 6.45) is 0.755. The number of hydrogen-bond donors (Lipinski definition) is 1. The van der Waals surface area contributed by atoms with Gasteiger partial charge in [0, 0.05) is 19.5 Å². The molecule has 18 heavy (non-hydrogen) atoms. The summed E-state index contributed by atoms with van der Waals surface area (Å²) in [5, 5.41) is 0. The van der Waals surface area contributed by atoms with E-state index in [-0.39, 0.29) is 11.9 Å². The van der Waals surface area contributed by atoms with Crippen molar-refractivity contribution in [3.63, 3.8) is 0 Å². The summed E-state index contributed by atoms with van der Waals surface area (Å²) in [4.78, 5) is 13.9. The lowest BCUT2D eigenvalue weighted by Gasteiger charge is -2.24. The third-order valence-corrected chi connectivity index (χ3v) is 2.91. The zero-order chi connectivity index (χ0) is 13.2. The molecule has 1 saturated heterocycles. The standard InChI is InChI=1S/C12H24N2O4/c1-2-11(13)12(15)14-3-5-16-7-9-18-10-8-17-6-4-14/h11H,2-10,13H2,1H3/p+1/t11-/m0/s1. The molecule has 0 aliphatic carbocycles. The highest BCUT2D eigenvalue weighted by atomic mass is 16.5. The van der Waals surface area contributed by atoms with Crippen LogP contribution in [0.3, 0.4) is 0 Å². The van der Waals surface area contributed by atoms with E-state index in [2.05, 4.69) is 5.73 Å². The number of rotatable bonds is 2. The molecule has 0 aromatic carbocycles. The van der Waals surface area contributed by atoms with Gasteiger partial charge < -0.3 is 24.8 Å². The maximum Gasteiger partial charge on any atom is 0.280 e. The molecule has 0 unspecified atom stereocenters. The molecule has 0 saturated carbocycles. The molecule has 0 aromatic rings. The largest absolute Gasteiger partial charge is 0.377 e. The van der Waals surface area contributed by atoms with Crippen molar-refractivity contribution in [2.24, 2.45) is 0 Å². The Labute approximate surface area is 108 Å². The van der Waals surface area contributed by atoms with E-state index in [1.807, 2.05) is 6.92 Å². The van der Waals surface area contributed by atoms with Gasteiger partial charge in [0.25, 0.3) is 5.91 Å². The predicted octanol–water partition coefficient (Wildman–Crippen LogP) is -1.10. The van der Waals surface area contributed by atoms with Gasteiger partial charge in [-0.3, -0.25) is 4.79 Å². The van der Waals surface area contributed by atoms with E-state index in [1.54, 1.807) is 4.90 Å². The Morgan fingerprint density at radius 3 is 1.94 bits per heavy atom. The normalized spacial score (nSPS) is 21.8. The second-order valence-electron chi connectivity index (χ2n) is 4.27. The molecule has 1 rings (SSSR count). The molecular weight excluding hydrogens is 236 g/mol. The summed E-state index contributed by atoms with van der Waals surface area (Å²) in [6.45, 7) is 6.48. The molecule has 1 aliphatic heterocycles. The molecule has 6 heteroatoms. The molecular formula is C12H25N2O4+. The molecule has 6 nitrogen and oxygen atoms in total. The van der Waals surface area contributed by atoms with Gasteiger partial charge in [-0.25, -0.2) is 0 Å². The molecule has 1 aliphatic rings. The maximum atomic E-state index is 12.1. The Hall–Kier alpha value is -0.690. The summed E-state index contributed by atoms with van der Waals surface area (Å²) < 4.78 is 16.1. The maximum absolute atomic E-state index is 12.1. The average molecular weight is 261 g/mol. The fourth-order valence-electron chi connectivity index (χ4n) is 1.66. The van der Waals surface area contributed by atoms with Gasteiger partial charge in [-0.15, -0.1) is 0 Å². The Morgan fingerprint density at radius 2 is 1.50 bits per heavy atom. The van der Waals surface area contributed by atoms with Gasteiger partial charge in [0.2, 0.25) is 0 Å². The fraction of sp³-hybridized carbons (Fsp3) is 0.917. The molecule has 1 heterocycles. The van der Waals surface area contributed by atoms with Crippen LogP contribution < -0.4 is 5.73 Å². The summed E-state index contributed by atoms with van der Waals surface area (Å²) in [7, 11) is 0. The molecule has 0 spiro atoms. The first-order valence-electron chi connectivity index (χ1n) is 6.60. The van der Waals surface area contributed by atoms with Crippen LogP contribution in [-0.2, 0) is 19.0 Å². The van der Waals surface area contributed by atoms with Crippen molar-refractivity contribution >= 4 is 5.91 Å². The summed E-state index contributed by atoms with van der Waals surface area (Å²) in [5.41, 5.74) is 3.87. The van der Waals surface area contributed by atoms with Crippen LogP contribution in [0.5, 0.6) is 0 Å². The third-order valence-electron chi connectivity index (χ3n) is 2.91. The van der Waals surface area contributed by atoms with Crippen LogP contribution >= 0.6 is 0 Å². The van der Waals surface area contributed by atoms with E-state index in [9.17, 15) is 4.79 Å². The van der Waals surface area contributed by atoms with E-state index in [0.717, 1.165) is 6.42 Å². The van der Waals surface area contributed by atoms with Gasteiger partial charge in [0.1, 0.15) is 0 Å². The van der Waals surface area contributed by atoms with E-state index >= 15 is 0 Å². The minimum absolute atomic E-state index is 0.0815. The topological polar surface area (TPSA) is 75.6 Å². The molecule has 0 bridgehead atoms. The number of carbonyl (C=O) groups excluding carboxylic acids is 1. The van der Waals surface area contributed by atoms with Crippen molar-refractivity contribution in [1.29, 1.82) is 0 Å². The van der Waals surface area contributed by atoms with Gasteiger partial charge in [0.15, 0.2) is 6.04 Å². The average Bonchev–Trinajstić information content (AvgIpc) is 2.37. The van der Waals surface area contributed by atoms with Crippen LogP contribution in [0.2, 0.25) is 0 Å². The Bertz CT molecular complexity index is 226. The van der Waals surface area contributed by atoms with Crippen LogP contribution in [0.15, 0.2) is 0 Å². The SMILES string of the molecule is CC[C@H]([NH3+])C(=O)N1CCOCCOCCOCC1. The smallest absolute Gasteiger partial charge is 0.280 e. The Kier molecular flexibility index (Phi) is 7.91. The van der Waals surface area contributed by atoms with Crippen LogP contribution in [0.4, 0.5) is 0 Å². The summed E-state index contributed by atoms with van der Waals surface area (Å²) in [5.74, 6) is 0.0815. The lowest BCUT2D eigenvalue weighted by molar-refractivity contribution is -0.406. The van der Waals surface area contributed by atoms with Crippen molar-refractivity contribution in [2.45, 2.75) is 19.4 Å². The highest BCUT2D eigenvalue weighted by molar-refractivity contribution is 5.80. The molecule has 106 valence electrons. The molecule has 0 aromatic heterocycles. The Morgan fingerprint density at radius 1 is 1.06 bits per heavy atom. The number of nitrogens with zero attached hydrogens (tertiary/aromatic N) is 1. The zero-order valence-corrected chi connectivity index (χ0v) is 11.2. The van der Waals surface area contributed by atoms with Gasteiger partial charge in [0.05, 0.1) is 39.6 Å². The summed E-state index contributed by atoms with van der Waals surface area (Å²) >= 11 is 0.